The van der Waals surface area contributed by atoms with Gasteiger partial charge in [-0.1, -0.05) is 24.8 Å². The van der Waals surface area contributed by atoms with Crippen LogP contribution in [0.2, 0.25) is 0 Å². The second-order valence-corrected chi connectivity index (χ2v) is 2.48. The minimum absolute atomic E-state index is 0.158. The number of hydrogen-bond donors (Lipinski definition) is 1. The Kier molecular flexibility index (Phi) is 3.20. The molecule has 0 saturated carbocycles. The Balaban J connectivity index is 2.29. The lowest BCUT2D eigenvalue weighted by atomic mass is 10.3. The van der Waals surface area contributed by atoms with Crippen molar-refractivity contribution in [2.75, 3.05) is 6.61 Å². The fourth-order valence-corrected chi connectivity index (χ4v) is 0.803. The molecule has 0 heterocycles. The lowest BCUT2D eigenvalue weighted by molar-refractivity contribution is 0.287. The van der Waals surface area contributed by atoms with Crippen molar-refractivity contribution in [2.45, 2.75) is 6.42 Å². The number of aliphatic hydroxyl groups is 1. The molecule has 0 spiro atoms. The van der Waals surface area contributed by atoms with Crippen LogP contribution < -0.4 is 4.74 Å². The summed E-state index contributed by atoms with van der Waals surface area (Å²) in [5.41, 5.74) is 0. The van der Waals surface area contributed by atoms with Crippen molar-refractivity contribution in [3.63, 3.8) is 0 Å². The average Bonchev–Trinajstić information content (AvgIpc) is 2.05. The van der Waals surface area contributed by atoms with E-state index in [0.29, 0.717) is 13.0 Å². The minimum atomic E-state index is 0.158. The van der Waals surface area contributed by atoms with Gasteiger partial charge in [-0.15, -0.1) is 0 Å². The first-order valence-electron chi connectivity index (χ1n) is 3.83. The summed E-state index contributed by atoms with van der Waals surface area (Å²) in [4.78, 5) is 0. The predicted molar refractivity (Wildman–Crippen MR) is 48.3 cm³/mol. The predicted octanol–water partition coefficient (Wildman–Crippen LogP) is 2.53. The number of hydrogen-bond acceptors (Lipinski definition) is 2. The van der Waals surface area contributed by atoms with E-state index >= 15 is 0 Å². The number of rotatable bonds is 4. The second kappa shape index (κ2) is 4.44. The third kappa shape index (κ3) is 3.10. The molecular weight excluding hydrogens is 152 g/mol. The third-order valence-corrected chi connectivity index (χ3v) is 1.40. The molecule has 0 aliphatic rings. The highest BCUT2D eigenvalue weighted by molar-refractivity contribution is 5.20. The van der Waals surface area contributed by atoms with E-state index in [1.165, 1.54) is 0 Å². The Labute approximate surface area is 72.1 Å². The number of ether oxygens (including phenoxy) is 1. The zero-order valence-electron chi connectivity index (χ0n) is 6.86. The van der Waals surface area contributed by atoms with E-state index < -0.39 is 0 Å². The lowest BCUT2D eigenvalue weighted by Gasteiger charge is -2.03. The summed E-state index contributed by atoms with van der Waals surface area (Å²) in [6, 6.07) is 9.49. The van der Waals surface area contributed by atoms with E-state index in [4.69, 9.17) is 9.84 Å². The van der Waals surface area contributed by atoms with Crippen LogP contribution in [0.15, 0.2) is 42.7 Å². The first kappa shape index (κ1) is 8.65. The number of para-hydroxylation sites is 1. The van der Waals surface area contributed by atoms with E-state index in [-0.39, 0.29) is 5.76 Å². The fourth-order valence-electron chi connectivity index (χ4n) is 0.803. The molecule has 0 bridgehead atoms. The molecule has 1 aromatic carbocycles. The van der Waals surface area contributed by atoms with Gasteiger partial charge in [-0.2, -0.15) is 0 Å². The van der Waals surface area contributed by atoms with Crippen molar-refractivity contribution in [1.82, 2.24) is 0 Å². The van der Waals surface area contributed by atoms with Gasteiger partial charge in [-0.25, -0.2) is 0 Å². The molecule has 0 aliphatic heterocycles. The Morgan fingerprint density at radius 3 is 2.58 bits per heavy atom. The molecule has 0 saturated heterocycles. The Hall–Kier alpha value is -1.44. The molecule has 2 heteroatoms. The minimum Gasteiger partial charge on any atom is -0.513 e. The van der Waals surface area contributed by atoms with E-state index in [0.717, 1.165) is 5.75 Å². The molecule has 64 valence electrons. The zero-order valence-corrected chi connectivity index (χ0v) is 6.86. The monoisotopic (exact) mass is 164 g/mol. The van der Waals surface area contributed by atoms with Gasteiger partial charge in [-0.05, 0) is 12.1 Å². The van der Waals surface area contributed by atoms with Gasteiger partial charge in [0.25, 0.3) is 0 Å². The maximum Gasteiger partial charge on any atom is 0.119 e. The van der Waals surface area contributed by atoms with Crippen molar-refractivity contribution in [2.24, 2.45) is 0 Å². The zero-order chi connectivity index (χ0) is 8.81. The smallest absolute Gasteiger partial charge is 0.119 e. The summed E-state index contributed by atoms with van der Waals surface area (Å²) in [6.07, 6.45) is 0.481. The number of aliphatic hydroxyl groups excluding tert-OH is 1. The summed E-state index contributed by atoms with van der Waals surface area (Å²) < 4.78 is 5.30. The van der Waals surface area contributed by atoms with Crippen LogP contribution in [0.25, 0.3) is 0 Å². The van der Waals surface area contributed by atoms with Crippen molar-refractivity contribution in [1.29, 1.82) is 0 Å². The molecule has 0 amide bonds. The maximum absolute atomic E-state index is 8.76. The molecule has 2 nitrogen and oxygen atoms in total. The summed E-state index contributed by atoms with van der Waals surface area (Å²) in [7, 11) is 0. The maximum atomic E-state index is 8.76. The number of benzene rings is 1. The van der Waals surface area contributed by atoms with Gasteiger partial charge in [0.15, 0.2) is 0 Å². The first-order valence-corrected chi connectivity index (χ1v) is 3.83. The Morgan fingerprint density at radius 2 is 2.00 bits per heavy atom. The van der Waals surface area contributed by atoms with Crippen molar-refractivity contribution in [3.8, 4) is 5.75 Å². The highest BCUT2D eigenvalue weighted by Crippen LogP contribution is 2.08. The van der Waals surface area contributed by atoms with Crippen molar-refractivity contribution >= 4 is 0 Å². The highest BCUT2D eigenvalue weighted by Gasteiger charge is 1.92. The van der Waals surface area contributed by atoms with Crippen LogP contribution in [-0.2, 0) is 0 Å². The van der Waals surface area contributed by atoms with Crippen LogP contribution in [0, 0.1) is 0 Å². The molecule has 0 atom stereocenters. The molecule has 0 unspecified atom stereocenters. The molecule has 0 aromatic heterocycles. The molecule has 1 aromatic rings. The largest absolute Gasteiger partial charge is 0.513 e. The topological polar surface area (TPSA) is 29.5 Å². The second-order valence-electron chi connectivity index (χ2n) is 2.48. The molecular formula is C10H12O2. The van der Waals surface area contributed by atoms with Crippen LogP contribution in [0.1, 0.15) is 6.42 Å². The van der Waals surface area contributed by atoms with Crippen LogP contribution >= 0.6 is 0 Å². The van der Waals surface area contributed by atoms with Crippen LogP contribution in [0.4, 0.5) is 0 Å². The first-order chi connectivity index (χ1) is 5.79. The van der Waals surface area contributed by atoms with Gasteiger partial charge in [0.2, 0.25) is 0 Å². The van der Waals surface area contributed by atoms with E-state index in [9.17, 15) is 0 Å². The molecule has 12 heavy (non-hydrogen) atoms. The third-order valence-electron chi connectivity index (χ3n) is 1.40. The lowest BCUT2D eigenvalue weighted by Crippen LogP contribution is -1.97. The van der Waals surface area contributed by atoms with Gasteiger partial charge < -0.3 is 9.84 Å². The molecule has 0 radical (unpaired) electrons. The molecule has 0 aliphatic carbocycles. The summed E-state index contributed by atoms with van der Waals surface area (Å²) in [5, 5.41) is 8.76. The Bertz CT molecular complexity index is 241. The molecule has 1 rings (SSSR count). The van der Waals surface area contributed by atoms with E-state index in [1.54, 1.807) is 0 Å². The highest BCUT2D eigenvalue weighted by atomic mass is 16.5. The summed E-state index contributed by atoms with van der Waals surface area (Å²) in [6.45, 7) is 3.83. The standard InChI is InChI=1S/C10H12O2/c1-9(11)7-8-12-10-5-3-2-4-6-10/h2-6,11H,1,7-8H2. The van der Waals surface area contributed by atoms with Crippen LogP contribution in [0.5, 0.6) is 5.75 Å². The normalized spacial score (nSPS) is 9.33. The SMILES string of the molecule is C=C(O)CCOc1ccccc1. The van der Waals surface area contributed by atoms with Gasteiger partial charge >= 0.3 is 0 Å². The molecule has 1 N–H and O–H groups in total. The van der Waals surface area contributed by atoms with Crippen LogP contribution in [0.3, 0.4) is 0 Å². The van der Waals surface area contributed by atoms with Gasteiger partial charge in [0.1, 0.15) is 5.75 Å². The van der Waals surface area contributed by atoms with E-state index in [1.807, 2.05) is 30.3 Å². The van der Waals surface area contributed by atoms with Crippen molar-refractivity contribution < 1.29 is 9.84 Å². The average molecular weight is 164 g/mol. The van der Waals surface area contributed by atoms with Gasteiger partial charge in [0.05, 0.1) is 12.4 Å². The summed E-state index contributed by atoms with van der Waals surface area (Å²) in [5.74, 6) is 0.977. The van der Waals surface area contributed by atoms with Gasteiger partial charge in [0, 0.05) is 6.42 Å². The quantitative estimate of drug-likeness (QED) is 0.693. The Morgan fingerprint density at radius 1 is 1.33 bits per heavy atom. The van der Waals surface area contributed by atoms with Crippen LogP contribution in [-0.4, -0.2) is 11.7 Å². The fraction of sp³-hybridized carbons (Fsp3) is 0.200. The van der Waals surface area contributed by atoms with Gasteiger partial charge in [-0.3, -0.25) is 0 Å². The molecule has 0 fully saturated rings. The van der Waals surface area contributed by atoms with E-state index in [2.05, 4.69) is 6.58 Å². The van der Waals surface area contributed by atoms with Crippen molar-refractivity contribution in [3.05, 3.63) is 42.7 Å². The summed E-state index contributed by atoms with van der Waals surface area (Å²) >= 11 is 0.